The highest BCUT2D eigenvalue weighted by Crippen LogP contribution is 2.16. The Bertz CT molecular complexity index is 800. The van der Waals surface area contributed by atoms with Crippen molar-refractivity contribution in [3.05, 3.63) is 0 Å². The van der Waals surface area contributed by atoms with Crippen LogP contribution in [0.4, 0.5) is 0 Å². The third kappa shape index (κ3) is 46.4. The number of quaternary nitrogens is 1. The van der Waals surface area contributed by atoms with Crippen molar-refractivity contribution in [2.45, 2.75) is 232 Å². The predicted octanol–water partition coefficient (Wildman–Crippen LogP) is 10.8. The number of nitrogens with zero attached hydrogens (tertiary/aromatic N) is 1. The Kier molecular flexibility index (Phi) is 41.8. The molecule has 0 saturated carbocycles. The molecule has 8 nitrogen and oxygen atoms in total. The van der Waals surface area contributed by atoms with Gasteiger partial charge in [-0.1, -0.05) is 194 Å². The Labute approximate surface area is 328 Å². The normalized spacial score (nSPS) is 11.9. The summed E-state index contributed by atoms with van der Waals surface area (Å²) < 4.78 is 11.9. The lowest BCUT2D eigenvalue weighted by molar-refractivity contribution is -0.893. The van der Waals surface area contributed by atoms with Crippen LogP contribution < -0.4 is 5.11 Å². The number of aliphatic carboxylic acids is 1. The van der Waals surface area contributed by atoms with Crippen molar-refractivity contribution in [3.63, 3.8) is 0 Å². The van der Waals surface area contributed by atoms with Crippen molar-refractivity contribution < 1.29 is 38.6 Å². The first kappa shape index (κ1) is 53.4. The topological polar surface area (TPSA) is 113 Å². The summed E-state index contributed by atoms with van der Waals surface area (Å²) in [5.41, 5.74) is 0. The van der Waals surface area contributed by atoms with E-state index in [9.17, 15) is 14.7 Å². The van der Waals surface area contributed by atoms with E-state index in [-0.39, 0.29) is 25.2 Å². The molecular formula is C45H89NO7. The highest BCUT2D eigenvalue weighted by Gasteiger charge is 2.26. The number of ether oxygens (including phenoxy) is 2. The fourth-order valence-electron chi connectivity index (χ4n) is 6.82. The number of carbonyl (C=O) groups excluding carboxylic acids is 3. The van der Waals surface area contributed by atoms with Crippen LogP contribution in [0.3, 0.4) is 0 Å². The maximum absolute atomic E-state index is 12.7. The minimum Gasteiger partial charge on any atom is -0.550 e. The first-order chi connectivity index (χ1) is 25.6. The Morgan fingerprint density at radius 2 is 0.811 bits per heavy atom. The van der Waals surface area contributed by atoms with Gasteiger partial charge in [0.05, 0.1) is 20.7 Å². The van der Waals surface area contributed by atoms with Gasteiger partial charge in [-0.05, 0) is 19.8 Å². The average molecular weight is 756 g/mol. The van der Waals surface area contributed by atoms with Gasteiger partial charge in [0.25, 0.3) is 0 Å². The summed E-state index contributed by atoms with van der Waals surface area (Å²) in [7, 11) is 4.01. The standard InChI is InChI=1S/C43H86NO5.C2H4O2/c1-5-7-9-11-13-15-17-19-21-23-25-27-29-31-33-35-42(46)48-40-41(39-44(3,4)37-38-45)49-43(47)36-34-32-30-28-26-24-22-20-18-16-14-12-10-8-6-2;1-2(3)4/h41,45H,5-40H2,1-4H3;1H3,(H,3,4)/q+1;/p-1. The van der Waals surface area contributed by atoms with E-state index in [1.165, 1.54) is 167 Å². The summed E-state index contributed by atoms with van der Waals surface area (Å²) in [6.45, 7) is 6.74. The van der Waals surface area contributed by atoms with Crippen LogP contribution in [-0.4, -0.2) is 74.0 Å². The van der Waals surface area contributed by atoms with Crippen LogP contribution in [0.2, 0.25) is 0 Å². The molecule has 1 atom stereocenters. The number of aliphatic hydroxyl groups excluding tert-OH is 1. The Hall–Kier alpha value is -1.67. The first-order valence-corrected chi connectivity index (χ1v) is 22.5. The number of aliphatic hydroxyl groups is 1. The zero-order chi connectivity index (χ0) is 39.7. The summed E-state index contributed by atoms with van der Waals surface area (Å²) in [5.74, 6) is -1.49. The number of rotatable bonds is 39. The number of hydrogen-bond donors (Lipinski definition) is 1. The lowest BCUT2D eigenvalue weighted by Crippen LogP contribution is -2.49. The monoisotopic (exact) mass is 756 g/mol. The molecule has 0 fully saturated rings. The molecule has 0 aromatic carbocycles. The second-order valence-electron chi connectivity index (χ2n) is 16.3. The van der Waals surface area contributed by atoms with Gasteiger partial charge in [0.1, 0.15) is 19.7 Å². The SMILES string of the molecule is CC(=O)[O-].CCCCCCCCCCCCCCCCCC(=O)OCC(C[N+](C)(C)CCO)OC(=O)CCCCCCCCCCCCCCCCC. The third-order valence-corrected chi connectivity index (χ3v) is 10.1. The Morgan fingerprint density at radius 1 is 0.528 bits per heavy atom. The Morgan fingerprint density at radius 3 is 1.11 bits per heavy atom. The quantitative estimate of drug-likeness (QED) is 0.0377. The maximum atomic E-state index is 12.7. The summed E-state index contributed by atoms with van der Waals surface area (Å²) in [4.78, 5) is 34.1. The molecule has 0 spiro atoms. The van der Waals surface area contributed by atoms with Gasteiger partial charge < -0.3 is 29.0 Å². The summed E-state index contributed by atoms with van der Waals surface area (Å²) in [5, 5.41) is 18.4. The zero-order valence-corrected chi connectivity index (χ0v) is 35.9. The van der Waals surface area contributed by atoms with Crippen LogP contribution in [-0.2, 0) is 23.9 Å². The Balaban J connectivity index is 0. The molecular weight excluding hydrogens is 666 g/mol. The van der Waals surface area contributed by atoms with E-state index in [0.29, 0.717) is 30.4 Å². The van der Waals surface area contributed by atoms with Crippen LogP contribution in [0.25, 0.3) is 0 Å². The van der Waals surface area contributed by atoms with Crippen LogP contribution in [0, 0.1) is 0 Å². The van der Waals surface area contributed by atoms with E-state index in [1.807, 2.05) is 14.1 Å². The molecule has 0 aliphatic heterocycles. The van der Waals surface area contributed by atoms with Crippen molar-refractivity contribution in [3.8, 4) is 0 Å². The van der Waals surface area contributed by atoms with E-state index in [0.717, 1.165) is 32.6 Å². The molecule has 0 bridgehead atoms. The van der Waals surface area contributed by atoms with Crippen LogP contribution in [0.5, 0.6) is 0 Å². The highest BCUT2D eigenvalue weighted by molar-refractivity contribution is 5.70. The van der Waals surface area contributed by atoms with Gasteiger partial charge >= 0.3 is 11.9 Å². The fraction of sp³-hybridized carbons (Fsp3) is 0.933. The molecule has 0 aliphatic rings. The van der Waals surface area contributed by atoms with Gasteiger partial charge in [0, 0.05) is 18.8 Å². The van der Waals surface area contributed by atoms with Crippen LogP contribution >= 0.6 is 0 Å². The molecule has 316 valence electrons. The van der Waals surface area contributed by atoms with E-state index in [1.54, 1.807) is 0 Å². The molecule has 0 rings (SSSR count). The molecule has 0 saturated heterocycles. The van der Waals surface area contributed by atoms with Gasteiger partial charge in [0.15, 0.2) is 6.10 Å². The molecule has 0 aliphatic carbocycles. The molecule has 8 heteroatoms. The molecule has 0 aromatic rings. The molecule has 0 aromatic heterocycles. The lowest BCUT2D eigenvalue weighted by atomic mass is 10.0. The first-order valence-electron chi connectivity index (χ1n) is 22.5. The molecule has 0 heterocycles. The number of likely N-dealkylation sites (N-methyl/N-ethyl adjacent to an activating group) is 1. The smallest absolute Gasteiger partial charge is 0.306 e. The minimum absolute atomic E-state index is 0.0613. The number of hydrogen-bond acceptors (Lipinski definition) is 7. The van der Waals surface area contributed by atoms with Crippen molar-refractivity contribution in [1.29, 1.82) is 0 Å². The summed E-state index contributed by atoms with van der Waals surface area (Å²) >= 11 is 0. The molecule has 1 unspecified atom stereocenters. The number of carboxylic acids is 1. The van der Waals surface area contributed by atoms with Gasteiger partial charge in [-0.25, -0.2) is 0 Å². The van der Waals surface area contributed by atoms with E-state index in [2.05, 4.69) is 13.8 Å². The molecule has 1 N–H and O–H groups in total. The summed E-state index contributed by atoms with van der Waals surface area (Å²) in [6, 6.07) is 0. The second kappa shape index (κ2) is 41.5. The van der Waals surface area contributed by atoms with Crippen LogP contribution in [0.1, 0.15) is 226 Å². The second-order valence-corrected chi connectivity index (χ2v) is 16.3. The largest absolute Gasteiger partial charge is 0.550 e. The summed E-state index contributed by atoms with van der Waals surface area (Å²) in [6.07, 6.45) is 39.2. The highest BCUT2D eigenvalue weighted by atomic mass is 16.6. The third-order valence-electron chi connectivity index (χ3n) is 10.1. The average Bonchev–Trinajstić information content (AvgIpc) is 3.10. The van der Waals surface area contributed by atoms with Crippen LogP contribution in [0.15, 0.2) is 0 Å². The van der Waals surface area contributed by atoms with Crippen molar-refractivity contribution >= 4 is 17.9 Å². The lowest BCUT2D eigenvalue weighted by Gasteiger charge is -2.32. The van der Waals surface area contributed by atoms with Gasteiger partial charge in [-0.15, -0.1) is 0 Å². The number of carbonyl (C=O) groups is 3. The molecule has 53 heavy (non-hydrogen) atoms. The van der Waals surface area contributed by atoms with Crippen molar-refractivity contribution in [2.24, 2.45) is 0 Å². The van der Waals surface area contributed by atoms with Gasteiger partial charge in [-0.3, -0.25) is 9.59 Å². The minimum atomic E-state index is -1.08. The van der Waals surface area contributed by atoms with Crippen molar-refractivity contribution in [2.75, 3.05) is 40.4 Å². The predicted molar refractivity (Wildman–Crippen MR) is 220 cm³/mol. The van der Waals surface area contributed by atoms with E-state index < -0.39 is 12.1 Å². The zero-order valence-electron chi connectivity index (χ0n) is 35.9. The molecule has 0 amide bonds. The molecule has 0 radical (unpaired) electrons. The number of carboxylic acid groups (broad SMARTS) is 1. The van der Waals surface area contributed by atoms with Crippen molar-refractivity contribution in [1.82, 2.24) is 0 Å². The number of esters is 2. The number of unbranched alkanes of at least 4 members (excludes halogenated alkanes) is 28. The van der Waals surface area contributed by atoms with E-state index in [4.69, 9.17) is 19.4 Å². The van der Waals surface area contributed by atoms with Gasteiger partial charge in [0.2, 0.25) is 0 Å². The van der Waals surface area contributed by atoms with Gasteiger partial charge in [-0.2, -0.15) is 0 Å². The van der Waals surface area contributed by atoms with E-state index >= 15 is 0 Å². The maximum Gasteiger partial charge on any atom is 0.306 e. The fourth-order valence-corrected chi connectivity index (χ4v) is 6.82.